The van der Waals surface area contributed by atoms with Gasteiger partial charge in [0.25, 0.3) is 20.2 Å². The van der Waals surface area contributed by atoms with E-state index in [2.05, 4.69) is 0 Å². The van der Waals surface area contributed by atoms with E-state index in [1.165, 1.54) is 17.9 Å². The second-order valence-electron chi connectivity index (χ2n) is 4.67. The molecule has 8 nitrogen and oxygen atoms in total. The van der Waals surface area contributed by atoms with E-state index in [-0.39, 0.29) is 18.9 Å². The van der Waals surface area contributed by atoms with E-state index < -0.39 is 31.7 Å². The summed E-state index contributed by atoms with van der Waals surface area (Å²) in [6.45, 7) is 0.991. The third kappa shape index (κ3) is 6.98. The van der Waals surface area contributed by atoms with Gasteiger partial charge in [0, 0.05) is 24.3 Å². The normalized spacial score (nSPS) is 12.1. The van der Waals surface area contributed by atoms with E-state index in [1.54, 1.807) is 18.2 Å². The van der Waals surface area contributed by atoms with Crippen molar-refractivity contribution in [2.45, 2.75) is 6.92 Å². The smallest absolute Gasteiger partial charge is 0.266 e. The standard InChI is InChI=1S/C12H17NO7S2/c1-10(14)11-3-2-4-12(9-11)13(5-7-21(15,16)17)6-8-22(18,19)20/h2-4,9H,5-8H2,1H3,(H,15,16,17)(H,18,19,20). The number of hydrogen-bond acceptors (Lipinski definition) is 6. The van der Waals surface area contributed by atoms with Crippen molar-refractivity contribution in [2.75, 3.05) is 29.5 Å². The van der Waals surface area contributed by atoms with Crippen LogP contribution in [0.4, 0.5) is 5.69 Å². The van der Waals surface area contributed by atoms with Gasteiger partial charge in [-0.25, -0.2) is 0 Å². The van der Waals surface area contributed by atoms with Gasteiger partial charge in [-0.1, -0.05) is 12.1 Å². The summed E-state index contributed by atoms with van der Waals surface area (Å²) in [4.78, 5) is 12.7. The minimum atomic E-state index is -4.23. The van der Waals surface area contributed by atoms with E-state index in [4.69, 9.17) is 9.11 Å². The first kappa shape index (κ1) is 18.6. The van der Waals surface area contributed by atoms with Crippen molar-refractivity contribution in [1.29, 1.82) is 0 Å². The van der Waals surface area contributed by atoms with Crippen molar-refractivity contribution in [2.24, 2.45) is 0 Å². The summed E-state index contributed by atoms with van der Waals surface area (Å²) in [5, 5.41) is 0. The third-order valence-electron chi connectivity index (χ3n) is 2.86. The molecule has 10 heteroatoms. The maximum absolute atomic E-state index is 11.4. The predicted molar refractivity (Wildman–Crippen MR) is 81.5 cm³/mol. The number of hydrogen-bond donors (Lipinski definition) is 2. The highest BCUT2D eigenvalue weighted by Gasteiger charge is 2.15. The highest BCUT2D eigenvalue weighted by Crippen LogP contribution is 2.17. The molecule has 22 heavy (non-hydrogen) atoms. The molecule has 0 atom stereocenters. The van der Waals surface area contributed by atoms with Gasteiger partial charge in [0.05, 0.1) is 11.5 Å². The summed E-state index contributed by atoms with van der Waals surface area (Å²) >= 11 is 0. The van der Waals surface area contributed by atoms with Crippen LogP contribution >= 0.6 is 0 Å². The average Bonchev–Trinajstić information content (AvgIpc) is 2.36. The molecule has 0 radical (unpaired) electrons. The fourth-order valence-corrected chi connectivity index (χ4v) is 2.64. The lowest BCUT2D eigenvalue weighted by Gasteiger charge is -2.24. The van der Waals surface area contributed by atoms with Gasteiger partial charge in [0.2, 0.25) is 0 Å². The van der Waals surface area contributed by atoms with Crippen molar-refractivity contribution < 1.29 is 30.7 Å². The Labute approximate surface area is 129 Å². The largest absolute Gasteiger partial charge is 0.369 e. The lowest BCUT2D eigenvalue weighted by Crippen LogP contribution is -2.33. The monoisotopic (exact) mass is 351 g/mol. The Kier molecular flexibility index (Phi) is 6.06. The molecule has 0 aliphatic rings. The first-order valence-electron chi connectivity index (χ1n) is 6.24. The van der Waals surface area contributed by atoms with Crippen molar-refractivity contribution in [3.05, 3.63) is 29.8 Å². The fourth-order valence-electron chi connectivity index (χ4n) is 1.74. The quantitative estimate of drug-likeness (QED) is 0.511. The van der Waals surface area contributed by atoms with Gasteiger partial charge in [-0.15, -0.1) is 0 Å². The van der Waals surface area contributed by atoms with Gasteiger partial charge >= 0.3 is 0 Å². The van der Waals surface area contributed by atoms with Crippen LogP contribution in [-0.2, 0) is 20.2 Å². The number of anilines is 1. The molecule has 0 saturated heterocycles. The minimum Gasteiger partial charge on any atom is -0.369 e. The Bertz CT molecular complexity index is 704. The molecule has 0 unspecified atom stereocenters. The molecule has 1 aromatic carbocycles. The molecule has 1 rings (SSSR count). The molecule has 0 heterocycles. The molecule has 1 aromatic rings. The van der Waals surface area contributed by atoms with Gasteiger partial charge in [-0.2, -0.15) is 16.8 Å². The molecule has 2 N–H and O–H groups in total. The Balaban J connectivity index is 3.02. The van der Waals surface area contributed by atoms with Crippen LogP contribution in [0.5, 0.6) is 0 Å². The molecular weight excluding hydrogens is 334 g/mol. The summed E-state index contributed by atoms with van der Waals surface area (Å²) in [6, 6.07) is 6.19. The Hall–Kier alpha value is -1.49. The lowest BCUT2D eigenvalue weighted by atomic mass is 10.1. The number of benzene rings is 1. The maximum Gasteiger partial charge on any atom is 0.266 e. The van der Waals surface area contributed by atoms with Crippen LogP contribution < -0.4 is 4.90 Å². The van der Waals surface area contributed by atoms with Crippen LogP contribution in [0.25, 0.3) is 0 Å². The van der Waals surface area contributed by atoms with E-state index in [0.29, 0.717) is 11.3 Å². The summed E-state index contributed by atoms with van der Waals surface area (Å²) in [5.74, 6) is -1.42. The molecule has 0 bridgehead atoms. The van der Waals surface area contributed by atoms with Crippen LogP contribution in [0.15, 0.2) is 24.3 Å². The van der Waals surface area contributed by atoms with Crippen LogP contribution in [0.1, 0.15) is 17.3 Å². The summed E-state index contributed by atoms with van der Waals surface area (Å²) in [5.41, 5.74) is 0.793. The minimum absolute atomic E-state index is 0.185. The van der Waals surface area contributed by atoms with Gasteiger partial charge in [-0.3, -0.25) is 13.9 Å². The molecule has 124 valence electrons. The van der Waals surface area contributed by atoms with Gasteiger partial charge in [-0.05, 0) is 19.1 Å². The number of Topliss-reactive ketones (excluding diaryl/α,β-unsaturated/α-hetero) is 1. The average molecular weight is 351 g/mol. The van der Waals surface area contributed by atoms with Crippen molar-refractivity contribution in [3.63, 3.8) is 0 Å². The lowest BCUT2D eigenvalue weighted by molar-refractivity contribution is 0.101. The number of carbonyl (C=O) groups is 1. The predicted octanol–water partition coefficient (Wildman–Crippen LogP) is 0.471. The molecule has 0 saturated carbocycles. The first-order valence-corrected chi connectivity index (χ1v) is 9.46. The van der Waals surface area contributed by atoms with Crippen molar-refractivity contribution >= 4 is 31.7 Å². The number of nitrogens with zero attached hydrogens (tertiary/aromatic N) is 1. The first-order chi connectivity index (χ1) is 9.98. The second kappa shape index (κ2) is 7.18. The molecule has 0 fully saturated rings. The van der Waals surface area contributed by atoms with Crippen LogP contribution in [-0.4, -0.2) is 56.3 Å². The van der Waals surface area contributed by atoms with Crippen LogP contribution in [0.3, 0.4) is 0 Å². The molecule has 0 aliphatic carbocycles. The zero-order valence-corrected chi connectivity index (χ0v) is 13.5. The Morgan fingerprint density at radius 1 is 1.05 bits per heavy atom. The van der Waals surface area contributed by atoms with Crippen molar-refractivity contribution in [1.82, 2.24) is 0 Å². The Morgan fingerprint density at radius 2 is 1.55 bits per heavy atom. The molecule has 0 amide bonds. The van der Waals surface area contributed by atoms with Crippen LogP contribution in [0, 0.1) is 0 Å². The SMILES string of the molecule is CC(=O)c1cccc(N(CCS(=O)(=O)O)CCS(=O)(=O)O)c1. The molecule has 0 aromatic heterocycles. The van der Waals surface area contributed by atoms with Gasteiger partial charge in [0.1, 0.15) is 0 Å². The summed E-state index contributed by atoms with van der Waals surface area (Å²) in [7, 11) is -8.46. The van der Waals surface area contributed by atoms with Crippen LogP contribution in [0.2, 0.25) is 0 Å². The topological polar surface area (TPSA) is 129 Å². The zero-order valence-electron chi connectivity index (χ0n) is 11.8. The highest BCUT2D eigenvalue weighted by atomic mass is 32.2. The van der Waals surface area contributed by atoms with E-state index in [0.717, 1.165) is 0 Å². The second-order valence-corrected chi connectivity index (χ2v) is 7.81. The maximum atomic E-state index is 11.4. The fraction of sp³-hybridized carbons (Fsp3) is 0.417. The number of ketones is 1. The summed E-state index contributed by atoms with van der Waals surface area (Å²) < 4.78 is 61.0. The molecule has 0 aliphatic heterocycles. The third-order valence-corrected chi connectivity index (χ3v) is 4.25. The number of rotatable bonds is 8. The van der Waals surface area contributed by atoms with Gasteiger partial charge < -0.3 is 4.90 Å². The van der Waals surface area contributed by atoms with Crippen molar-refractivity contribution in [3.8, 4) is 0 Å². The molecular formula is C12H17NO7S2. The summed E-state index contributed by atoms with van der Waals surface area (Å²) in [6.07, 6.45) is 0. The number of carbonyl (C=O) groups excluding carboxylic acids is 1. The van der Waals surface area contributed by atoms with E-state index in [1.807, 2.05) is 0 Å². The highest BCUT2D eigenvalue weighted by molar-refractivity contribution is 7.86. The van der Waals surface area contributed by atoms with E-state index in [9.17, 15) is 21.6 Å². The molecule has 0 spiro atoms. The van der Waals surface area contributed by atoms with Gasteiger partial charge in [0.15, 0.2) is 5.78 Å². The van der Waals surface area contributed by atoms with E-state index >= 15 is 0 Å². The zero-order chi connectivity index (χ0) is 17.0. The Morgan fingerprint density at radius 3 is 1.95 bits per heavy atom.